The largest absolute Gasteiger partial charge is 0.271 e. The molecule has 0 radical (unpaired) electrons. The van der Waals surface area contributed by atoms with Crippen LogP contribution in [0.15, 0.2) is 11.1 Å². The van der Waals surface area contributed by atoms with E-state index in [9.17, 15) is 8.42 Å². The first-order chi connectivity index (χ1) is 9.01. The Morgan fingerprint density at radius 2 is 1.89 bits per heavy atom. The van der Waals surface area contributed by atoms with Gasteiger partial charge in [0.05, 0.1) is 5.69 Å². The molecule has 0 aliphatic carbocycles. The molecule has 0 bridgehead atoms. The molecule has 110 valence electrons. The summed E-state index contributed by atoms with van der Waals surface area (Å²) in [5.74, 6) is 0. The zero-order chi connectivity index (χ0) is 14.3. The van der Waals surface area contributed by atoms with Gasteiger partial charge in [0.25, 0.3) is 0 Å². The van der Waals surface area contributed by atoms with Crippen molar-refractivity contribution in [1.29, 1.82) is 0 Å². The van der Waals surface area contributed by atoms with E-state index >= 15 is 0 Å². The first kappa shape index (κ1) is 16.2. The van der Waals surface area contributed by atoms with Crippen molar-refractivity contribution in [2.45, 2.75) is 64.3 Å². The number of nitrogens with one attached hydrogen (secondary N) is 1. The number of hydrogen-bond acceptors (Lipinski definition) is 3. The molecule has 1 aromatic heterocycles. The second-order valence-corrected chi connectivity index (χ2v) is 6.48. The van der Waals surface area contributed by atoms with Gasteiger partial charge in [0.15, 0.2) is 0 Å². The molecule has 19 heavy (non-hydrogen) atoms. The van der Waals surface area contributed by atoms with Crippen molar-refractivity contribution in [3.8, 4) is 0 Å². The summed E-state index contributed by atoms with van der Waals surface area (Å²) in [7, 11) is -3.41. The molecule has 6 heteroatoms. The van der Waals surface area contributed by atoms with E-state index in [4.69, 9.17) is 0 Å². The summed E-state index contributed by atoms with van der Waals surface area (Å²) in [5.41, 5.74) is 0.556. The Morgan fingerprint density at radius 1 is 1.21 bits per heavy atom. The minimum absolute atomic E-state index is 0.294. The van der Waals surface area contributed by atoms with Crippen LogP contribution < -0.4 is 4.72 Å². The standard InChI is InChI=1S/C13H25N3O2S/c1-4-6-7-8-9-10-14-19(17,18)13-11-16(5-2)15-12(13)3/h11,14H,4-10H2,1-3H3. The lowest BCUT2D eigenvalue weighted by atomic mass is 10.2. The van der Waals surface area contributed by atoms with Crippen molar-refractivity contribution in [1.82, 2.24) is 14.5 Å². The molecule has 0 spiro atoms. The second-order valence-electron chi connectivity index (χ2n) is 4.75. The van der Waals surface area contributed by atoms with E-state index in [1.165, 1.54) is 19.3 Å². The topological polar surface area (TPSA) is 64.0 Å². The van der Waals surface area contributed by atoms with Crippen LogP contribution in [0.4, 0.5) is 0 Å². The molecular formula is C13H25N3O2S. The fraction of sp³-hybridized carbons (Fsp3) is 0.769. The van der Waals surface area contributed by atoms with Gasteiger partial charge in [0.2, 0.25) is 10.0 Å². The first-order valence-corrected chi connectivity index (χ1v) is 8.53. The van der Waals surface area contributed by atoms with Gasteiger partial charge in [-0.25, -0.2) is 13.1 Å². The van der Waals surface area contributed by atoms with E-state index in [0.29, 0.717) is 23.7 Å². The summed E-state index contributed by atoms with van der Waals surface area (Å²) in [6, 6.07) is 0. The molecule has 1 heterocycles. The lowest BCUT2D eigenvalue weighted by Gasteiger charge is -2.05. The van der Waals surface area contributed by atoms with Crippen molar-refractivity contribution in [3.63, 3.8) is 0 Å². The lowest BCUT2D eigenvalue weighted by Crippen LogP contribution is -2.25. The van der Waals surface area contributed by atoms with Crippen LogP contribution in [0.2, 0.25) is 0 Å². The van der Waals surface area contributed by atoms with E-state index in [1.54, 1.807) is 17.8 Å². The van der Waals surface area contributed by atoms with Gasteiger partial charge < -0.3 is 0 Å². The van der Waals surface area contributed by atoms with Crippen LogP contribution in [-0.2, 0) is 16.6 Å². The van der Waals surface area contributed by atoms with Gasteiger partial charge >= 0.3 is 0 Å². The summed E-state index contributed by atoms with van der Waals surface area (Å²) in [5, 5.41) is 4.16. The van der Waals surface area contributed by atoms with E-state index in [0.717, 1.165) is 12.8 Å². The third-order valence-electron chi connectivity index (χ3n) is 3.09. The van der Waals surface area contributed by atoms with Crippen molar-refractivity contribution >= 4 is 10.0 Å². The molecule has 1 N–H and O–H groups in total. The number of sulfonamides is 1. The molecule has 0 amide bonds. The van der Waals surface area contributed by atoms with E-state index in [-0.39, 0.29) is 0 Å². The third kappa shape index (κ3) is 4.95. The minimum atomic E-state index is -3.41. The fourth-order valence-corrected chi connectivity index (χ4v) is 3.20. The number of unbranched alkanes of at least 4 members (excludes halogenated alkanes) is 4. The van der Waals surface area contributed by atoms with E-state index in [2.05, 4.69) is 16.7 Å². The molecule has 0 atom stereocenters. The maximum atomic E-state index is 12.1. The van der Waals surface area contributed by atoms with Gasteiger partial charge in [-0.15, -0.1) is 0 Å². The van der Waals surface area contributed by atoms with Crippen LogP contribution in [0.3, 0.4) is 0 Å². The zero-order valence-corrected chi connectivity index (χ0v) is 13.0. The monoisotopic (exact) mass is 287 g/mol. The maximum Gasteiger partial charge on any atom is 0.243 e. The third-order valence-corrected chi connectivity index (χ3v) is 4.65. The van der Waals surface area contributed by atoms with Gasteiger partial charge in [0, 0.05) is 19.3 Å². The highest BCUT2D eigenvalue weighted by Crippen LogP contribution is 2.13. The van der Waals surface area contributed by atoms with Crippen LogP contribution in [0.5, 0.6) is 0 Å². The quantitative estimate of drug-likeness (QED) is 0.710. The predicted octanol–water partition coefficient (Wildman–Crippen LogP) is 2.46. The molecule has 0 aliphatic rings. The summed E-state index contributed by atoms with van der Waals surface area (Å²) < 4.78 is 28.5. The second kappa shape index (κ2) is 7.65. The summed E-state index contributed by atoms with van der Waals surface area (Å²) in [4.78, 5) is 0.294. The summed E-state index contributed by atoms with van der Waals surface area (Å²) in [6.45, 7) is 7.00. The Labute approximate surface area is 116 Å². The molecular weight excluding hydrogens is 262 g/mol. The highest BCUT2D eigenvalue weighted by Gasteiger charge is 2.19. The van der Waals surface area contributed by atoms with Crippen molar-refractivity contribution < 1.29 is 8.42 Å². The van der Waals surface area contributed by atoms with Gasteiger partial charge in [-0.05, 0) is 20.3 Å². The fourth-order valence-electron chi connectivity index (χ4n) is 1.94. The van der Waals surface area contributed by atoms with Crippen molar-refractivity contribution in [2.75, 3.05) is 6.54 Å². The van der Waals surface area contributed by atoms with Crippen molar-refractivity contribution in [2.24, 2.45) is 0 Å². The number of rotatable bonds is 9. The van der Waals surface area contributed by atoms with E-state index < -0.39 is 10.0 Å². The van der Waals surface area contributed by atoms with E-state index in [1.807, 2.05) is 6.92 Å². The summed E-state index contributed by atoms with van der Waals surface area (Å²) >= 11 is 0. The lowest BCUT2D eigenvalue weighted by molar-refractivity contribution is 0.570. The molecule has 0 fully saturated rings. The van der Waals surface area contributed by atoms with Crippen LogP contribution >= 0.6 is 0 Å². The zero-order valence-electron chi connectivity index (χ0n) is 12.1. The number of nitrogens with zero attached hydrogens (tertiary/aromatic N) is 2. The maximum absolute atomic E-state index is 12.1. The van der Waals surface area contributed by atoms with Crippen LogP contribution in [-0.4, -0.2) is 24.7 Å². The average molecular weight is 287 g/mol. The van der Waals surface area contributed by atoms with Crippen LogP contribution in [0.1, 0.15) is 51.6 Å². The van der Waals surface area contributed by atoms with Gasteiger partial charge in [-0.3, -0.25) is 4.68 Å². The molecule has 0 aromatic carbocycles. The normalized spacial score (nSPS) is 11.9. The Kier molecular flexibility index (Phi) is 6.51. The molecule has 0 unspecified atom stereocenters. The molecule has 0 aliphatic heterocycles. The predicted molar refractivity (Wildman–Crippen MR) is 76.6 cm³/mol. The van der Waals surface area contributed by atoms with Gasteiger partial charge in [-0.1, -0.05) is 32.6 Å². The smallest absolute Gasteiger partial charge is 0.243 e. The molecule has 0 saturated carbocycles. The van der Waals surface area contributed by atoms with Gasteiger partial charge in [0.1, 0.15) is 4.90 Å². The SMILES string of the molecule is CCCCCCCNS(=O)(=O)c1cn(CC)nc1C. The molecule has 1 rings (SSSR count). The Hall–Kier alpha value is -0.880. The molecule has 0 saturated heterocycles. The highest BCUT2D eigenvalue weighted by molar-refractivity contribution is 7.89. The van der Waals surface area contributed by atoms with Crippen LogP contribution in [0, 0.1) is 6.92 Å². The first-order valence-electron chi connectivity index (χ1n) is 7.05. The summed E-state index contributed by atoms with van der Waals surface area (Å²) in [6.07, 6.45) is 7.14. The average Bonchev–Trinajstić information content (AvgIpc) is 2.76. The number of hydrogen-bond donors (Lipinski definition) is 1. The Balaban J connectivity index is 2.49. The van der Waals surface area contributed by atoms with Gasteiger partial charge in [-0.2, -0.15) is 5.10 Å². The number of aromatic nitrogens is 2. The van der Waals surface area contributed by atoms with Crippen LogP contribution in [0.25, 0.3) is 0 Å². The number of aryl methyl sites for hydroxylation is 2. The molecule has 1 aromatic rings. The Morgan fingerprint density at radius 3 is 2.47 bits per heavy atom. The Bertz CT molecular complexity index is 480. The minimum Gasteiger partial charge on any atom is -0.271 e. The molecule has 5 nitrogen and oxygen atoms in total. The van der Waals surface area contributed by atoms with Crippen molar-refractivity contribution in [3.05, 3.63) is 11.9 Å². The highest BCUT2D eigenvalue weighted by atomic mass is 32.2.